The molecule has 0 bridgehead atoms. The highest BCUT2D eigenvalue weighted by atomic mass is 15.2. The third-order valence-electron chi connectivity index (χ3n) is 4.06. The second kappa shape index (κ2) is 4.19. The predicted octanol–water partition coefficient (Wildman–Crippen LogP) is 1.85. The molecule has 82 valence electrons. The van der Waals surface area contributed by atoms with Crippen molar-refractivity contribution in [3.63, 3.8) is 0 Å². The Hall–Kier alpha value is -0.0800. The zero-order chi connectivity index (χ0) is 10.0. The Morgan fingerprint density at radius 2 is 2.21 bits per heavy atom. The van der Waals surface area contributed by atoms with Gasteiger partial charge in [0.25, 0.3) is 0 Å². The molecule has 1 heterocycles. The Kier molecular flexibility index (Phi) is 3.13. The van der Waals surface area contributed by atoms with Gasteiger partial charge in [-0.25, -0.2) is 0 Å². The zero-order valence-electron chi connectivity index (χ0n) is 9.47. The largest absolute Gasteiger partial charge is 0.329 e. The first-order valence-corrected chi connectivity index (χ1v) is 6.20. The monoisotopic (exact) mass is 196 g/mol. The van der Waals surface area contributed by atoms with Crippen LogP contribution in [0.25, 0.3) is 0 Å². The quantitative estimate of drug-likeness (QED) is 0.743. The van der Waals surface area contributed by atoms with E-state index in [9.17, 15) is 0 Å². The van der Waals surface area contributed by atoms with Gasteiger partial charge in [-0.05, 0) is 30.6 Å². The molecule has 2 N–H and O–H groups in total. The van der Waals surface area contributed by atoms with Crippen LogP contribution in [0.1, 0.15) is 39.0 Å². The Bertz CT molecular complexity index is 185. The van der Waals surface area contributed by atoms with E-state index >= 15 is 0 Å². The normalized spacial score (nSPS) is 30.9. The van der Waals surface area contributed by atoms with Gasteiger partial charge in [0.1, 0.15) is 0 Å². The number of rotatable bonds is 4. The number of likely N-dealkylation sites (tertiary alicyclic amines) is 1. The van der Waals surface area contributed by atoms with Gasteiger partial charge in [0.2, 0.25) is 0 Å². The van der Waals surface area contributed by atoms with Crippen LogP contribution in [-0.2, 0) is 0 Å². The van der Waals surface area contributed by atoms with Crippen LogP contribution in [0, 0.1) is 11.3 Å². The van der Waals surface area contributed by atoms with Crippen molar-refractivity contribution in [1.82, 2.24) is 4.90 Å². The third kappa shape index (κ3) is 1.96. The highest BCUT2D eigenvalue weighted by Gasteiger charge is 2.46. The Balaban J connectivity index is 1.74. The molecular weight excluding hydrogens is 172 g/mol. The first-order chi connectivity index (χ1) is 6.78. The van der Waals surface area contributed by atoms with Gasteiger partial charge in [0.15, 0.2) is 0 Å². The minimum atomic E-state index is 0.731. The summed E-state index contributed by atoms with van der Waals surface area (Å²) in [6, 6.07) is 0. The van der Waals surface area contributed by atoms with E-state index in [2.05, 4.69) is 11.8 Å². The van der Waals surface area contributed by atoms with Gasteiger partial charge >= 0.3 is 0 Å². The van der Waals surface area contributed by atoms with Gasteiger partial charge < -0.3 is 10.6 Å². The molecule has 2 heteroatoms. The molecule has 0 aromatic carbocycles. The molecule has 0 radical (unpaired) electrons. The van der Waals surface area contributed by atoms with Crippen LogP contribution >= 0.6 is 0 Å². The molecule has 1 aliphatic heterocycles. The summed E-state index contributed by atoms with van der Waals surface area (Å²) in [5.74, 6) is 1.04. The van der Waals surface area contributed by atoms with Crippen LogP contribution in [0.3, 0.4) is 0 Å². The summed E-state index contributed by atoms with van der Waals surface area (Å²) in [6.07, 6.45) is 7.30. The molecule has 2 fully saturated rings. The van der Waals surface area contributed by atoms with Crippen molar-refractivity contribution < 1.29 is 0 Å². The molecule has 0 aromatic heterocycles. The van der Waals surface area contributed by atoms with E-state index in [1.165, 1.54) is 45.2 Å². The summed E-state index contributed by atoms with van der Waals surface area (Å²) in [5.41, 5.74) is 6.29. The molecule has 2 rings (SSSR count). The first kappa shape index (κ1) is 10.4. The SMILES string of the molecule is CCCC1CCC2(C1)CN(CCN)C2. The van der Waals surface area contributed by atoms with Crippen LogP contribution in [-0.4, -0.2) is 31.1 Å². The maximum atomic E-state index is 5.56. The molecule has 1 unspecified atom stereocenters. The van der Waals surface area contributed by atoms with Crippen LogP contribution < -0.4 is 5.73 Å². The fourth-order valence-electron chi connectivity index (χ4n) is 3.51. The molecule has 1 atom stereocenters. The summed E-state index contributed by atoms with van der Waals surface area (Å²) in [5, 5.41) is 0. The number of hydrogen-bond acceptors (Lipinski definition) is 2. The number of nitrogens with two attached hydrogens (primary N) is 1. The van der Waals surface area contributed by atoms with Crippen LogP contribution in [0.15, 0.2) is 0 Å². The van der Waals surface area contributed by atoms with Crippen molar-refractivity contribution in [3.8, 4) is 0 Å². The van der Waals surface area contributed by atoms with Crippen molar-refractivity contribution in [2.75, 3.05) is 26.2 Å². The second-order valence-corrected chi connectivity index (χ2v) is 5.40. The lowest BCUT2D eigenvalue weighted by Gasteiger charge is -2.48. The number of hydrogen-bond donors (Lipinski definition) is 1. The minimum absolute atomic E-state index is 0.731. The molecular formula is C12H24N2. The van der Waals surface area contributed by atoms with Gasteiger partial charge in [-0.2, -0.15) is 0 Å². The van der Waals surface area contributed by atoms with E-state index in [1.807, 2.05) is 0 Å². The van der Waals surface area contributed by atoms with Crippen molar-refractivity contribution in [3.05, 3.63) is 0 Å². The van der Waals surface area contributed by atoms with Crippen molar-refractivity contribution in [2.24, 2.45) is 17.1 Å². The molecule has 0 amide bonds. The molecule has 1 spiro atoms. The molecule has 14 heavy (non-hydrogen) atoms. The average Bonchev–Trinajstić information content (AvgIpc) is 2.49. The lowest BCUT2D eigenvalue weighted by Crippen LogP contribution is -2.56. The summed E-state index contributed by atoms with van der Waals surface area (Å²) < 4.78 is 0. The lowest BCUT2D eigenvalue weighted by molar-refractivity contribution is 0.00540. The van der Waals surface area contributed by atoms with E-state index in [0.29, 0.717) is 0 Å². The Labute approximate surface area is 87.8 Å². The van der Waals surface area contributed by atoms with E-state index in [-0.39, 0.29) is 0 Å². The molecule has 0 aromatic rings. The topological polar surface area (TPSA) is 29.3 Å². The third-order valence-corrected chi connectivity index (χ3v) is 4.06. The molecule has 1 aliphatic carbocycles. The minimum Gasteiger partial charge on any atom is -0.329 e. The van der Waals surface area contributed by atoms with E-state index in [1.54, 1.807) is 0 Å². The smallest absolute Gasteiger partial charge is 0.0105 e. The highest BCUT2D eigenvalue weighted by Crippen LogP contribution is 2.49. The predicted molar refractivity (Wildman–Crippen MR) is 60.2 cm³/mol. The van der Waals surface area contributed by atoms with E-state index in [4.69, 9.17) is 5.73 Å². The van der Waals surface area contributed by atoms with Crippen molar-refractivity contribution >= 4 is 0 Å². The number of nitrogens with zero attached hydrogens (tertiary/aromatic N) is 1. The molecule has 1 saturated heterocycles. The van der Waals surface area contributed by atoms with Gasteiger partial charge in [-0.15, -0.1) is 0 Å². The van der Waals surface area contributed by atoms with Crippen LogP contribution in [0.5, 0.6) is 0 Å². The Morgan fingerprint density at radius 1 is 1.43 bits per heavy atom. The van der Waals surface area contributed by atoms with Gasteiger partial charge in [-0.3, -0.25) is 0 Å². The molecule has 2 nitrogen and oxygen atoms in total. The standard InChI is InChI=1S/C12H24N2/c1-2-3-11-4-5-12(8-11)9-14(10-12)7-6-13/h11H,2-10,13H2,1H3. The summed E-state index contributed by atoms with van der Waals surface area (Å²) >= 11 is 0. The Morgan fingerprint density at radius 3 is 2.86 bits per heavy atom. The van der Waals surface area contributed by atoms with Gasteiger partial charge in [0.05, 0.1) is 0 Å². The summed E-state index contributed by atoms with van der Waals surface area (Å²) in [6.45, 7) is 6.93. The average molecular weight is 196 g/mol. The maximum Gasteiger partial charge on any atom is 0.0105 e. The fraction of sp³-hybridized carbons (Fsp3) is 1.00. The van der Waals surface area contributed by atoms with E-state index in [0.717, 1.165) is 24.4 Å². The maximum absolute atomic E-state index is 5.56. The van der Waals surface area contributed by atoms with Crippen molar-refractivity contribution in [2.45, 2.75) is 39.0 Å². The molecule has 1 saturated carbocycles. The van der Waals surface area contributed by atoms with Crippen LogP contribution in [0.4, 0.5) is 0 Å². The van der Waals surface area contributed by atoms with Crippen LogP contribution in [0.2, 0.25) is 0 Å². The second-order valence-electron chi connectivity index (χ2n) is 5.40. The van der Waals surface area contributed by atoms with Gasteiger partial charge in [0, 0.05) is 26.2 Å². The van der Waals surface area contributed by atoms with E-state index < -0.39 is 0 Å². The van der Waals surface area contributed by atoms with Crippen molar-refractivity contribution in [1.29, 1.82) is 0 Å². The zero-order valence-corrected chi connectivity index (χ0v) is 9.47. The summed E-state index contributed by atoms with van der Waals surface area (Å²) in [4.78, 5) is 2.52. The fourth-order valence-corrected chi connectivity index (χ4v) is 3.51. The summed E-state index contributed by atoms with van der Waals surface area (Å²) in [7, 11) is 0. The van der Waals surface area contributed by atoms with Gasteiger partial charge in [-0.1, -0.05) is 19.8 Å². The lowest BCUT2D eigenvalue weighted by atomic mass is 9.77. The first-order valence-electron chi connectivity index (χ1n) is 6.20. The highest BCUT2D eigenvalue weighted by molar-refractivity contribution is 5.00. The molecule has 2 aliphatic rings.